The van der Waals surface area contributed by atoms with Crippen LogP contribution in [0.2, 0.25) is 0 Å². The summed E-state index contributed by atoms with van der Waals surface area (Å²) in [5, 5.41) is 1.50. The minimum Gasteiger partial charge on any atom is -0.118 e. The van der Waals surface area contributed by atoms with Gasteiger partial charge in [0.05, 0.1) is 25.4 Å². The normalized spacial score (nSPS) is 33.4. The molecule has 4 heterocycles. The molecule has 0 nitrogen and oxygen atoms in total. The molecule has 0 aromatic heterocycles. The summed E-state index contributed by atoms with van der Waals surface area (Å²) >= 11 is 16.4. The first-order valence-corrected chi connectivity index (χ1v) is 13.7. The minimum atomic E-state index is 0.752. The van der Waals surface area contributed by atoms with E-state index in [1.165, 1.54) is 26.4 Å². The van der Waals surface area contributed by atoms with Crippen LogP contribution in [0.15, 0.2) is 25.4 Å². The molecule has 114 valence electrons. The number of hydrogen-bond donors (Lipinski definition) is 0. The van der Waals surface area contributed by atoms with Gasteiger partial charge in [-0.3, -0.25) is 0 Å². The van der Waals surface area contributed by atoms with E-state index in [2.05, 4.69) is 60.9 Å². The Morgan fingerprint density at radius 1 is 0.619 bits per heavy atom. The quantitative estimate of drug-likeness (QED) is 0.386. The van der Waals surface area contributed by atoms with E-state index < -0.39 is 0 Å². The SMILES string of the molecule is C[C@H]1SC(=C2SC3=C(SC(=C4SCCCS4)S3)S2)S[C@@H]1C. The Hall–Kier alpha value is 2.02. The lowest BCUT2D eigenvalue weighted by atomic mass is 10.4. The number of hydrogen-bond acceptors (Lipinski definition) is 8. The van der Waals surface area contributed by atoms with Crippen LogP contribution in [-0.4, -0.2) is 22.0 Å². The molecule has 8 heteroatoms. The molecule has 0 aromatic rings. The summed E-state index contributed by atoms with van der Waals surface area (Å²) in [5.74, 6) is 2.60. The maximum absolute atomic E-state index is 2.35. The molecule has 0 N–H and O–H groups in total. The van der Waals surface area contributed by atoms with E-state index in [9.17, 15) is 0 Å². The van der Waals surface area contributed by atoms with Crippen LogP contribution in [0.25, 0.3) is 0 Å². The van der Waals surface area contributed by atoms with Crippen molar-refractivity contribution in [3.63, 3.8) is 0 Å². The van der Waals surface area contributed by atoms with Crippen molar-refractivity contribution in [3.8, 4) is 0 Å². The molecule has 4 aliphatic heterocycles. The molecule has 0 unspecified atom stereocenters. The van der Waals surface area contributed by atoms with Gasteiger partial charge in [-0.05, 0) is 17.9 Å². The average Bonchev–Trinajstić information content (AvgIpc) is 3.13. The summed E-state index contributed by atoms with van der Waals surface area (Å²) in [4.78, 5) is 0. The van der Waals surface area contributed by atoms with Gasteiger partial charge in [-0.25, -0.2) is 0 Å². The number of rotatable bonds is 0. The maximum atomic E-state index is 2.35. The fraction of sp³-hybridized carbons (Fsp3) is 0.538. The second-order valence-electron chi connectivity index (χ2n) is 4.83. The first-order chi connectivity index (χ1) is 10.2. The van der Waals surface area contributed by atoms with Crippen molar-refractivity contribution in [2.45, 2.75) is 30.8 Å². The molecule has 2 fully saturated rings. The molecule has 0 spiro atoms. The predicted octanol–water partition coefficient (Wildman–Crippen LogP) is 7.45. The molecule has 0 bridgehead atoms. The Morgan fingerprint density at radius 2 is 1.05 bits per heavy atom. The molecule has 21 heavy (non-hydrogen) atoms. The lowest BCUT2D eigenvalue weighted by molar-refractivity contribution is 0.941. The topological polar surface area (TPSA) is 0 Å². The van der Waals surface area contributed by atoms with Gasteiger partial charge < -0.3 is 0 Å². The van der Waals surface area contributed by atoms with Crippen LogP contribution in [0, 0.1) is 0 Å². The highest BCUT2D eigenvalue weighted by atomic mass is 32.3. The minimum absolute atomic E-state index is 0.752. The zero-order chi connectivity index (χ0) is 14.4. The van der Waals surface area contributed by atoms with Gasteiger partial charge in [-0.15, -0.1) is 47.0 Å². The zero-order valence-corrected chi connectivity index (χ0v) is 18.1. The third-order valence-corrected chi connectivity index (χ3v) is 15.7. The van der Waals surface area contributed by atoms with Gasteiger partial charge in [0.2, 0.25) is 0 Å². The highest BCUT2D eigenvalue weighted by Gasteiger charge is 2.36. The fourth-order valence-electron chi connectivity index (χ4n) is 1.95. The molecule has 0 aromatic carbocycles. The van der Waals surface area contributed by atoms with Crippen LogP contribution in [0.3, 0.4) is 0 Å². The molecule has 2 saturated heterocycles. The van der Waals surface area contributed by atoms with E-state index >= 15 is 0 Å². The van der Waals surface area contributed by atoms with Gasteiger partial charge in [0.15, 0.2) is 0 Å². The van der Waals surface area contributed by atoms with Crippen molar-refractivity contribution in [1.29, 1.82) is 0 Å². The maximum Gasteiger partial charge on any atom is 0.0718 e. The van der Waals surface area contributed by atoms with E-state index in [1.54, 1.807) is 16.9 Å². The van der Waals surface area contributed by atoms with Crippen LogP contribution in [-0.2, 0) is 0 Å². The molecule has 4 aliphatic rings. The molecular weight excluding hydrogens is 413 g/mol. The van der Waals surface area contributed by atoms with E-state index in [4.69, 9.17) is 0 Å². The third-order valence-electron chi connectivity index (χ3n) is 3.24. The van der Waals surface area contributed by atoms with Gasteiger partial charge >= 0.3 is 0 Å². The van der Waals surface area contributed by atoms with Crippen LogP contribution < -0.4 is 0 Å². The lowest BCUT2D eigenvalue weighted by Crippen LogP contribution is -2.04. The molecule has 0 amide bonds. The Kier molecular flexibility index (Phi) is 5.57. The summed E-state index contributed by atoms with van der Waals surface area (Å²) in [6.07, 6.45) is 1.36. The fourth-order valence-corrected chi connectivity index (χ4v) is 14.8. The van der Waals surface area contributed by atoms with Gasteiger partial charge in [0.1, 0.15) is 0 Å². The first-order valence-electron chi connectivity index (χ1n) is 6.74. The third kappa shape index (κ3) is 3.53. The van der Waals surface area contributed by atoms with Crippen molar-refractivity contribution in [2.75, 3.05) is 11.5 Å². The van der Waals surface area contributed by atoms with Crippen LogP contribution in [0.1, 0.15) is 20.3 Å². The Balaban J connectivity index is 1.46. The highest BCUT2D eigenvalue weighted by molar-refractivity contribution is 8.49. The van der Waals surface area contributed by atoms with Gasteiger partial charge in [0.25, 0.3) is 0 Å². The molecular formula is C13H14S8. The van der Waals surface area contributed by atoms with Gasteiger partial charge in [0, 0.05) is 10.5 Å². The number of thioether (sulfide) groups is 8. The monoisotopic (exact) mass is 426 g/mol. The molecule has 0 radical (unpaired) electrons. The van der Waals surface area contributed by atoms with E-state index in [0.717, 1.165) is 10.5 Å². The highest BCUT2D eigenvalue weighted by Crippen LogP contribution is 2.70. The Bertz CT molecular complexity index is 519. The summed E-state index contributed by atoms with van der Waals surface area (Å²) in [6, 6.07) is 0. The largest absolute Gasteiger partial charge is 0.118 e. The van der Waals surface area contributed by atoms with Crippen molar-refractivity contribution in [2.24, 2.45) is 0 Å². The van der Waals surface area contributed by atoms with E-state index in [-0.39, 0.29) is 0 Å². The van der Waals surface area contributed by atoms with Crippen molar-refractivity contribution >= 4 is 94.1 Å². The average molecular weight is 427 g/mol. The van der Waals surface area contributed by atoms with Gasteiger partial charge in [-0.2, -0.15) is 0 Å². The van der Waals surface area contributed by atoms with Crippen LogP contribution in [0.4, 0.5) is 0 Å². The predicted molar refractivity (Wildman–Crippen MR) is 115 cm³/mol. The molecule has 4 rings (SSSR count). The molecule has 0 aliphatic carbocycles. The summed E-state index contributed by atoms with van der Waals surface area (Å²) in [5.41, 5.74) is 0. The standard InChI is InChI=1S/C13H14S8/c1-6-7(2)17-10(16-6)11-20-12-13(21-11)19-9(18-12)8-14-4-3-5-15-8/h6-7H,3-5H2,1-2H3/t6-,7-/m1/s1. The van der Waals surface area contributed by atoms with Crippen LogP contribution >= 0.6 is 94.1 Å². The van der Waals surface area contributed by atoms with Crippen LogP contribution in [0.5, 0.6) is 0 Å². The summed E-state index contributed by atoms with van der Waals surface area (Å²) in [6.45, 7) is 4.70. The second kappa shape index (κ2) is 7.10. The summed E-state index contributed by atoms with van der Waals surface area (Å²) in [7, 11) is 0. The van der Waals surface area contributed by atoms with Crippen molar-refractivity contribution in [1.82, 2.24) is 0 Å². The van der Waals surface area contributed by atoms with Crippen molar-refractivity contribution in [3.05, 3.63) is 25.4 Å². The second-order valence-corrected chi connectivity index (χ2v) is 15.4. The smallest absolute Gasteiger partial charge is 0.0718 e. The summed E-state index contributed by atoms with van der Waals surface area (Å²) < 4.78 is 9.31. The van der Waals surface area contributed by atoms with E-state index in [1.807, 2.05) is 47.0 Å². The van der Waals surface area contributed by atoms with E-state index in [0.29, 0.717) is 0 Å². The first kappa shape index (κ1) is 16.5. The van der Waals surface area contributed by atoms with Crippen molar-refractivity contribution < 1.29 is 0 Å². The molecule has 0 saturated carbocycles. The molecule has 2 atom stereocenters. The Labute approximate surface area is 160 Å². The Morgan fingerprint density at radius 3 is 1.57 bits per heavy atom. The lowest BCUT2D eigenvalue weighted by Gasteiger charge is -2.15. The zero-order valence-electron chi connectivity index (χ0n) is 11.5. The van der Waals surface area contributed by atoms with Gasteiger partial charge in [-0.1, -0.05) is 60.9 Å².